The van der Waals surface area contributed by atoms with Crippen molar-refractivity contribution in [3.8, 4) is 11.5 Å². The molecular formula is C13H21NO2. The van der Waals surface area contributed by atoms with E-state index in [1.807, 2.05) is 6.07 Å². The second-order valence-corrected chi connectivity index (χ2v) is 4.44. The number of phenolic OH excluding ortho intramolecular Hbond substituents is 2. The van der Waals surface area contributed by atoms with Crippen LogP contribution >= 0.6 is 0 Å². The van der Waals surface area contributed by atoms with Crippen LogP contribution < -0.4 is 5.32 Å². The second kappa shape index (κ2) is 5.21. The van der Waals surface area contributed by atoms with E-state index >= 15 is 0 Å². The van der Waals surface area contributed by atoms with Gasteiger partial charge in [-0.3, -0.25) is 0 Å². The maximum absolute atomic E-state index is 9.37. The van der Waals surface area contributed by atoms with Gasteiger partial charge in [-0.2, -0.15) is 0 Å². The fourth-order valence-electron chi connectivity index (χ4n) is 1.49. The lowest BCUT2D eigenvalue weighted by molar-refractivity contribution is 0.329. The summed E-state index contributed by atoms with van der Waals surface area (Å²) in [5, 5.41) is 22.0. The molecule has 0 heterocycles. The van der Waals surface area contributed by atoms with E-state index in [0.717, 1.165) is 18.4 Å². The van der Waals surface area contributed by atoms with Gasteiger partial charge in [0.05, 0.1) is 0 Å². The van der Waals surface area contributed by atoms with E-state index in [1.165, 1.54) is 6.07 Å². The Morgan fingerprint density at radius 1 is 1.12 bits per heavy atom. The number of benzene rings is 1. The lowest BCUT2D eigenvalue weighted by Gasteiger charge is -2.28. The summed E-state index contributed by atoms with van der Waals surface area (Å²) in [5.74, 6) is -0.133. The Balaban J connectivity index is 2.64. The summed E-state index contributed by atoms with van der Waals surface area (Å²) in [6, 6.07) is 4.92. The first-order valence-corrected chi connectivity index (χ1v) is 5.76. The number of rotatable bonds is 5. The molecule has 0 aliphatic heterocycles. The highest BCUT2D eigenvalue weighted by molar-refractivity contribution is 5.40. The summed E-state index contributed by atoms with van der Waals surface area (Å²) < 4.78 is 0. The average molecular weight is 223 g/mol. The molecule has 0 unspecified atom stereocenters. The highest BCUT2D eigenvalue weighted by Gasteiger charge is 2.18. The van der Waals surface area contributed by atoms with Crippen molar-refractivity contribution in [1.29, 1.82) is 0 Å². The lowest BCUT2D eigenvalue weighted by Crippen LogP contribution is -2.40. The predicted molar refractivity (Wildman–Crippen MR) is 65.6 cm³/mol. The number of hydrogen-bond donors (Lipinski definition) is 3. The standard InChI is InChI=1S/C13H21NO2/c1-4-13(3,5-2)14-9-10-6-7-11(15)12(16)8-10/h6-8,14-16H,4-5,9H2,1-3H3. The van der Waals surface area contributed by atoms with E-state index in [-0.39, 0.29) is 17.0 Å². The summed E-state index contributed by atoms with van der Waals surface area (Å²) in [6.45, 7) is 7.20. The second-order valence-electron chi connectivity index (χ2n) is 4.44. The third kappa shape index (κ3) is 3.14. The zero-order valence-electron chi connectivity index (χ0n) is 10.2. The van der Waals surface area contributed by atoms with Crippen molar-refractivity contribution in [2.45, 2.75) is 45.7 Å². The molecule has 0 saturated heterocycles. The number of nitrogens with one attached hydrogen (secondary N) is 1. The van der Waals surface area contributed by atoms with E-state index in [9.17, 15) is 10.2 Å². The van der Waals surface area contributed by atoms with Gasteiger partial charge in [0.2, 0.25) is 0 Å². The van der Waals surface area contributed by atoms with Crippen LogP contribution in [-0.2, 0) is 6.54 Å². The van der Waals surface area contributed by atoms with Crippen molar-refractivity contribution < 1.29 is 10.2 Å². The first kappa shape index (κ1) is 12.8. The van der Waals surface area contributed by atoms with Gasteiger partial charge in [-0.15, -0.1) is 0 Å². The van der Waals surface area contributed by atoms with Crippen LogP contribution in [0.4, 0.5) is 0 Å². The SMILES string of the molecule is CCC(C)(CC)NCc1ccc(O)c(O)c1. The van der Waals surface area contributed by atoms with Crippen molar-refractivity contribution in [3.05, 3.63) is 23.8 Å². The van der Waals surface area contributed by atoms with Crippen LogP contribution in [0.15, 0.2) is 18.2 Å². The van der Waals surface area contributed by atoms with Gasteiger partial charge >= 0.3 is 0 Å². The Hall–Kier alpha value is -1.22. The molecule has 0 aliphatic rings. The van der Waals surface area contributed by atoms with Crippen molar-refractivity contribution in [1.82, 2.24) is 5.32 Å². The molecule has 0 saturated carbocycles. The van der Waals surface area contributed by atoms with Crippen LogP contribution in [0.2, 0.25) is 0 Å². The van der Waals surface area contributed by atoms with Crippen molar-refractivity contribution in [3.63, 3.8) is 0 Å². The quantitative estimate of drug-likeness (QED) is 0.673. The minimum absolute atomic E-state index is 0.0611. The topological polar surface area (TPSA) is 52.5 Å². The van der Waals surface area contributed by atoms with Gasteiger partial charge in [0.25, 0.3) is 0 Å². The van der Waals surface area contributed by atoms with Crippen LogP contribution in [-0.4, -0.2) is 15.8 Å². The van der Waals surface area contributed by atoms with Gasteiger partial charge in [0.1, 0.15) is 0 Å². The summed E-state index contributed by atoms with van der Waals surface area (Å²) in [6.07, 6.45) is 2.13. The van der Waals surface area contributed by atoms with Crippen LogP contribution in [0.3, 0.4) is 0 Å². The molecule has 0 amide bonds. The molecule has 3 heteroatoms. The van der Waals surface area contributed by atoms with Gasteiger partial charge in [-0.1, -0.05) is 19.9 Å². The monoisotopic (exact) mass is 223 g/mol. The van der Waals surface area contributed by atoms with Gasteiger partial charge in [-0.25, -0.2) is 0 Å². The summed E-state index contributed by atoms with van der Waals surface area (Å²) in [5.41, 5.74) is 1.11. The minimum atomic E-state index is -0.0718. The molecule has 0 spiro atoms. The molecule has 3 N–H and O–H groups in total. The third-order valence-corrected chi connectivity index (χ3v) is 3.32. The average Bonchev–Trinajstić information content (AvgIpc) is 2.30. The van der Waals surface area contributed by atoms with E-state index in [1.54, 1.807) is 6.07 Å². The molecule has 16 heavy (non-hydrogen) atoms. The number of phenols is 2. The normalized spacial score (nSPS) is 11.7. The highest BCUT2D eigenvalue weighted by atomic mass is 16.3. The van der Waals surface area contributed by atoms with Crippen LogP contribution in [0.1, 0.15) is 39.2 Å². The van der Waals surface area contributed by atoms with Gasteiger partial charge in [-0.05, 0) is 37.5 Å². The molecule has 90 valence electrons. The molecule has 0 bridgehead atoms. The van der Waals surface area contributed by atoms with Crippen molar-refractivity contribution >= 4 is 0 Å². The van der Waals surface area contributed by atoms with Crippen molar-refractivity contribution in [2.75, 3.05) is 0 Å². The maximum atomic E-state index is 9.37. The smallest absolute Gasteiger partial charge is 0.157 e. The number of hydrogen-bond acceptors (Lipinski definition) is 3. The van der Waals surface area contributed by atoms with Gasteiger partial charge < -0.3 is 15.5 Å². The Bertz CT molecular complexity index is 346. The Morgan fingerprint density at radius 3 is 2.25 bits per heavy atom. The van der Waals surface area contributed by atoms with Crippen molar-refractivity contribution in [2.24, 2.45) is 0 Å². The van der Waals surface area contributed by atoms with E-state index < -0.39 is 0 Å². The first-order chi connectivity index (χ1) is 7.50. The first-order valence-electron chi connectivity index (χ1n) is 5.76. The molecular weight excluding hydrogens is 202 g/mol. The fraction of sp³-hybridized carbons (Fsp3) is 0.538. The zero-order chi connectivity index (χ0) is 12.2. The molecule has 0 atom stereocenters. The zero-order valence-corrected chi connectivity index (χ0v) is 10.2. The largest absolute Gasteiger partial charge is 0.504 e. The number of aromatic hydroxyl groups is 2. The fourth-order valence-corrected chi connectivity index (χ4v) is 1.49. The summed E-state index contributed by atoms with van der Waals surface area (Å²) >= 11 is 0. The molecule has 3 nitrogen and oxygen atoms in total. The predicted octanol–water partition coefficient (Wildman–Crippen LogP) is 2.77. The molecule has 0 aromatic heterocycles. The molecule has 1 aromatic carbocycles. The maximum Gasteiger partial charge on any atom is 0.157 e. The van der Waals surface area contributed by atoms with Gasteiger partial charge in [0, 0.05) is 12.1 Å². The van der Waals surface area contributed by atoms with Gasteiger partial charge in [0.15, 0.2) is 11.5 Å². The Morgan fingerprint density at radius 2 is 1.75 bits per heavy atom. The van der Waals surface area contributed by atoms with Crippen LogP contribution in [0, 0.1) is 0 Å². The summed E-state index contributed by atoms with van der Waals surface area (Å²) in [7, 11) is 0. The molecule has 0 fully saturated rings. The highest BCUT2D eigenvalue weighted by Crippen LogP contribution is 2.25. The molecule has 0 radical (unpaired) electrons. The Kier molecular flexibility index (Phi) is 4.19. The van der Waals surface area contributed by atoms with Crippen LogP contribution in [0.5, 0.6) is 11.5 Å². The van der Waals surface area contributed by atoms with E-state index in [4.69, 9.17) is 0 Å². The third-order valence-electron chi connectivity index (χ3n) is 3.32. The molecule has 1 aromatic rings. The van der Waals surface area contributed by atoms with Crippen LogP contribution in [0.25, 0.3) is 0 Å². The lowest BCUT2D eigenvalue weighted by atomic mass is 9.95. The Labute approximate surface area is 97.1 Å². The summed E-state index contributed by atoms with van der Waals surface area (Å²) in [4.78, 5) is 0. The molecule has 1 rings (SSSR count). The van der Waals surface area contributed by atoms with E-state index in [2.05, 4.69) is 26.1 Å². The molecule has 0 aliphatic carbocycles. The van der Waals surface area contributed by atoms with E-state index in [0.29, 0.717) is 6.54 Å². The minimum Gasteiger partial charge on any atom is -0.504 e.